The van der Waals surface area contributed by atoms with Gasteiger partial charge in [-0.1, -0.05) is 13.8 Å². The smallest absolute Gasteiger partial charge is 0.312 e. The van der Waals surface area contributed by atoms with E-state index < -0.39 is 5.41 Å². The van der Waals surface area contributed by atoms with Crippen LogP contribution in [0.15, 0.2) is 0 Å². The maximum absolute atomic E-state index is 11.8. The van der Waals surface area contributed by atoms with E-state index in [4.69, 9.17) is 9.47 Å². The van der Waals surface area contributed by atoms with Crippen molar-refractivity contribution in [2.24, 2.45) is 5.41 Å². The number of carbonyl (C=O) groups excluding carboxylic acids is 2. The van der Waals surface area contributed by atoms with E-state index in [1.807, 2.05) is 13.8 Å². The molecule has 0 heterocycles. The van der Waals surface area contributed by atoms with Gasteiger partial charge in [0, 0.05) is 0 Å². The van der Waals surface area contributed by atoms with Crippen LogP contribution in [-0.2, 0) is 19.1 Å². The maximum Gasteiger partial charge on any atom is 0.312 e. The first-order chi connectivity index (χ1) is 7.56. The molecule has 0 spiro atoms. The van der Waals surface area contributed by atoms with Gasteiger partial charge in [0.2, 0.25) is 0 Å². The van der Waals surface area contributed by atoms with Gasteiger partial charge in [-0.3, -0.25) is 9.59 Å². The van der Waals surface area contributed by atoms with E-state index in [0.29, 0.717) is 26.1 Å². The van der Waals surface area contributed by atoms with Crippen molar-refractivity contribution in [2.75, 3.05) is 13.2 Å². The Balaban J connectivity index is 4.67. The summed E-state index contributed by atoms with van der Waals surface area (Å²) in [7, 11) is 0. The van der Waals surface area contributed by atoms with Gasteiger partial charge >= 0.3 is 11.9 Å². The summed E-state index contributed by atoms with van der Waals surface area (Å²) in [5, 5.41) is 0. The Morgan fingerprint density at radius 1 is 0.938 bits per heavy atom. The summed E-state index contributed by atoms with van der Waals surface area (Å²) >= 11 is 0. The summed E-state index contributed by atoms with van der Waals surface area (Å²) in [6.07, 6.45) is 1.27. The Hall–Kier alpha value is -1.06. The highest BCUT2D eigenvalue weighted by molar-refractivity contribution is 5.83. The first-order valence-electron chi connectivity index (χ1n) is 5.89. The first-order valence-corrected chi connectivity index (χ1v) is 5.89. The van der Waals surface area contributed by atoms with Crippen LogP contribution in [0.3, 0.4) is 0 Å². The van der Waals surface area contributed by atoms with Crippen molar-refractivity contribution in [1.29, 1.82) is 0 Å². The molecule has 4 nitrogen and oxygen atoms in total. The van der Waals surface area contributed by atoms with Crippen molar-refractivity contribution in [3.63, 3.8) is 0 Å². The molecular formula is C12H22O4. The fraction of sp³-hybridized carbons (Fsp3) is 0.833. The molecule has 0 radical (unpaired) electrons. The minimum Gasteiger partial charge on any atom is -0.466 e. The van der Waals surface area contributed by atoms with E-state index in [1.165, 1.54) is 0 Å². The highest BCUT2D eigenvalue weighted by atomic mass is 16.5. The molecule has 0 aromatic carbocycles. The lowest BCUT2D eigenvalue weighted by atomic mass is 9.79. The highest BCUT2D eigenvalue weighted by Crippen LogP contribution is 2.32. The lowest BCUT2D eigenvalue weighted by Gasteiger charge is -2.27. The minimum absolute atomic E-state index is 0.104. The van der Waals surface area contributed by atoms with Crippen LogP contribution in [-0.4, -0.2) is 25.2 Å². The molecule has 94 valence electrons. The fourth-order valence-electron chi connectivity index (χ4n) is 1.63. The molecule has 4 heteroatoms. The van der Waals surface area contributed by atoms with E-state index >= 15 is 0 Å². The molecule has 0 aromatic rings. The lowest BCUT2D eigenvalue weighted by molar-refractivity contribution is -0.163. The van der Waals surface area contributed by atoms with Gasteiger partial charge in [-0.15, -0.1) is 0 Å². The van der Waals surface area contributed by atoms with Crippen molar-refractivity contribution in [3.05, 3.63) is 0 Å². The Morgan fingerprint density at radius 3 is 1.81 bits per heavy atom. The van der Waals surface area contributed by atoms with Crippen LogP contribution in [0.5, 0.6) is 0 Å². The zero-order chi connectivity index (χ0) is 12.6. The van der Waals surface area contributed by atoms with Gasteiger partial charge in [-0.25, -0.2) is 0 Å². The van der Waals surface area contributed by atoms with Crippen molar-refractivity contribution in [1.82, 2.24) is 0 Å². The van der Waals surface area contributed by atoms with Crippen LogP contribution in [0, 0.1) is 5.41 Å². The predicted octanol–water partition coefficient (Wildman–Crippen LogP) is 2.31. The van der Waals surface area contributed by atoms with Crippen molar-refractivity contribution in [3.8, 4) is 0 Å². The summed E-state index contributed by atoms with van der Waals surface area (Å²) in [6, 6.07) is 0. The van der Waals surface area contributed by atoms with Crippen LogP contribution < -0.4 is 0 Å². The number of esters is 2. The summed E-state index contributed by atoms with van der Waals surface area (Å²) in [5.41, 5.74) is -0.720. The molecule has 16 heavy (non-hydrogen) atoms. The molecule has 0 aromatic heterocycles. The summed E-state index contributed by atoms with van der Waals surface area (Å²) in [4.78, 5) is 23.3. The van der Waals surface area contributed by atoms with E-state index in [9.17, 15) is 9.59 Å². The molecule has 0 aliphatic carbocycles. The van der Waals surface area contributed by atoms with E-state index in [0.717, 1.165) is 0 Å². The van der Waals surface area contributed by atoms with Gasteiger partial charge in [0.05, 0.1) is 25.0 Å². The Kier molecular flexibility index (Phi) is 6.77. The molecule has 0 bridgehead atoms. The topological polar surface area (TPSA) is 52.6 Å². The summed E-state index contributed by atoms with van der Waals surface area (Å²) in [6.45, 7) is 7.97. The molecule has 0 aliphatic heterocycles. The third kappa shape index (κ3) is 3.83. The van der Waals surface area contributed by atoms with Crippen molar-refractivity contribution < 1.29 is 19.1 Å². The monoisotopic (exact) mass is 230 g/mol. The van der Waals surface area contributed by atoms with Crippen molar-refractivity contribution in [2.45, 2.75) is 47.0 Å². The molecule has 0 unspecified atom stereocenters. The van der Waals surface area contributed by atoms with Crippen molar-refractivity contribution >= 4 is 11.9 Å². The second-order valence-electron chi connectivity index (χ2n) is 3.69. The zero-order valence-corrected chi connectivity index (χ0v) is 10.7. The largest absolute Gasteiger partial charge is 0.466 e. The quantitative estimate of drug-likeness (QED) is 0.630. The molecule has 0 aliphatic rings. The van der Waals surface area contributed by atoms with Gasteiger partial charge in [0.1, 0.15) is 0 Å². The average Bonchev–Trinajstić information content (AvgIpc) is 2.26. The second-order valence-corrected chi connectivity index (χ2v) is 3.69. The van der Waals surface area contributed by atoms with Gasteiger partial charge < -0.3 is 9.47 Å². The van der Waals surface area contributed by atoms with Crippen LogP contribution in [0.1, 0.15) is 47.0 Å². The Bertz CT molecular complexity index is 231. The molecule has 0 rings (SSSR count). The van der Waals surface area contributed by atoms with E-state index in [1.54, 1.807) is 13.8 Å². The zero-order valence-electron chi connectivity index (χ0n) is 10.7. The fourth-order valence-corrected chi connectivity index (χ4v) is 1.63. The third-order valence-electron chi connectivity index (χ3n) is 2.85. The highest BCUT2D eigenvalue weighted by Gasteiger charge is 2.39. The minimum atomic E-state index is -0.720. The molecule has 0 fully saturated rings. The number of ether oxygens (including phenoxy) is 2. The average molecular weight is 230 g/mol. The Morgan fingerprint density at radius 2 is 1.44 bits per heavy atom. The second kappa shape index (κ2) is 7.25. The first kappa shape index (κ1) is 14.9. The number of hydrogen-bond acceptors (Lipinski definition) is 4. The third-order valence-corrected chi connectivity index (χ3v) is 2.85. The van der Waals surface area contributed by atoms with E-state index in [2.05, 4.69) is 0 Å². The summed E-state index contributed by atoms with van der Waals surface area (Å²) in [5.74, 6) is -0.632. The normalized spacial score (nSPS) is 11.0. The van der Waals surface area contributed by atoms with E-state index in [-0.39, 0.29) is 18.4 Å². The lowest BCUT2D eigenvalue weighted by Crippen LogP contribution is -2.34. The van der Waals surface area contributed by atoms with Gasteiger partial charge in [-0.2, -0.15) is 0 Å². The Labute approximate surface area is 97.3 Å². The van der Waals surface area contributed by atoms with Crippen LogP contribution in [0.4, 0.5) is 0 Å². The maximum atomic E-state index is 11.8. The number of rotatable bonds is 7. The molecule has 0 atom stereocenters. The standard InChI is InChI=1S/C12H22O4/c1-5-12(6-2,11(14)16-8-4)9-10(13)15-7-3/h5-9H2,1-4H3. The molecular weight excluding hydrogens is 208 g/mol. The summed E-state index contributed by atoms with van der Waals surface area (Å²) < 4.78 is 9.90. The predicted molar refractivity (Wildman–Crippen MR) is 60.9 cm³/mol. The van der Waals surface area contributed by atoms with Crippen LogP contribution >= 0.6 is 0 Å². The molecule has 0 saturated heterocycles. The van der Waals surface area contributed by atoms with Gasteiger partial charge in [0.15, 0.2) is 0 Å². The molecule has 0 saturated carbocycles. The SMILES string of the molecule is CCOC(=O)CC(CC)(CC)C(=O)OCC. The van der Waals surface area contributed by atoms with Crippen LogP contribution in [0.25, 0.3) is 0 Å². The number of hydrogen-bond donors (Lipinski definition) is 0. The van der Waals surface area contributed by atoms with Gasteiger partial charge in [0.25, 0.3) is 0 Å². The molecule has 0 N–H and O–H groups in total. The number of carbonyl (C=O) groups is 2. The molecule has 0 amide bonds. The van der Waals surface area contributed by atoms with Crippen LogP contribution in [0.2, 0.25) is 0 Å². The van der Waals surface area contributed by atoms with Gasteiger partial charge in [-0.05, 0) is 26.7 Å².